The van der Waals surface area contributed by atoms with Crippen LogP contribution in [-0.4, -0.2) is 59.6 Å². The Morgan fingerprint density at radius 3 is 2.72 bits per heavy atom. The quantitative estimate of drug-likeness (QED) is 0.832. The Labute approximate surface area is 148 Å². The fourth-order valence-corrected chi connectivity index (χ4v) is 2.86. The van der Waals surface area contributed by atoms with E-state index in [0.717, 1.165) is 44.1 Å². The second kappa shape index (κ2) is 8.64. The van der Waals surface area contributed by atoms with Crippen LogP contribution in [0, 0.1) is 0 Å². The molecule has 0 radical (unpaired) electrons. The van der Waals surface area contributed by atoms with Crippen LogP contribution in [-0.2, 0) is 11.3 Å². The fourth-order valence-electron chi connectivity index (χ4n) is 2.86. The molecule has 2 amide bonds. The normalized spacial score (nSPS) is 16.4. The van der Waals surface area contributed by atoms with Gasteiger partial charge in [0, 0.05) is 44.6 Å². The fraction of sp³-hybridized carbons (Fsp3) is 0.444. The number of benzene rings is 1. The number of nitrogens with one attached hydrogen (secondary N) is 2. The van der Waals surface area contributed by atoms with Crippen molar-refractivity contribution in [2.45, 2.75) is 19.5 Å². The zero-order valence-corrected chi connectivity index (χ0v) is 14.5. The van der Waals surface area contributed by atoms with Gasteiger partial charge < -0.3 is 15.4 Å². The molecule has 1 aliphatic heterocycles. The molecule has 0 saturated carbocycles. The van der Waals surface area contributed by atoms with E-state index in [4.69, 9.17) is 4.74 Å². The molecule has 0 unspecified atom stereocenters. The summed E-state index contributed by atoms with van der Waals surface area (Å²) >= 11 is 0. The molecule has 7 nitrogen and oxygen atoms in total. The lowest BCUT2D eigenvalue weighted by Crippen LogP contribution is -2.48. The van der Waals surface area contributed by atoms with Crippen molar-refractivity contribution in [1.29, 1.82) is 0 Å². The number of ether oxygens (including phenoxy) is 1. The minimum Gasteiger partial charge on any atom is -0.379 e. The molecule has 1 fully saturated rings. The zero-order valence-electron chi connectivity index (χ0n) is 14.5. The maximum atomic E-state index is 12.0. The number of hydrogen-bond donors (Lipinski definition) is 2. The van der Waals surface area contributed by atoms with Gasteiger partial charge in [0.05, 0.1) is 18.9 Å². The van der Waals surface area contributed by atoms with E-state index in [1.54, 1.807) is 10.9 Å². The Hall–Kier alpha value is -2.38. The van der Waals surface area contributed by atoms with Crippen molar-refractivity contribution >= 4 is 6.03 Å². The molecule has 1 aromatic heterocycles. The van der Waals surface area contributed by atoms with Crippen LogP contribution in [0.4, 0.5) is 4.79 Å². The van der Waals surface area contributed by atoms with E-state index >= 15 is 0 Å². The Kier molecular flexibility index (Phi) is 6.03. The van der Waals surface area contributed by atoms with Crippen molar-refractivity contribution in [3.05, 3.63) is 48.3 Å². The number of hydrogen-bond acceptors (Lipinski definition) is 4. The molecule has 134 valence electrons. The molecule has 1 aromatic carbocycles. The molecular weight excluding hydrogens is 318 g/mol. The minimum absolute atomic E-state index is 0.0975. The van der Waals surface area contributed by atoms with Gasteiger partial charge in [-0.15, -0.1) is 0 Å². The number of urea groups is 1. The summed E-state index contributed by atoms with van der Waals surface area (Å²) in [5, 5.41) is 10.1. The van der Waals surface area contributed by atoms with Crippen LogP contribution in [0.5, 0.6) is 0 Å². The molecule has 0 aliphatic carbocycles. The van der Waals surface area contributed by atoms with E-state index in [1.165, 1.54) is 0 Å². The summed E-state index contributed by atoms with van der Waals surface area (Å²) < 4.78 is 7.14. The number of carbonyl (C=O) groups is 1. The maximum absolute atomic E-state index is 12.0. The van der Waals surface area contributed by atoms with Crippen molar-refractivity contribution in [2.24, 2.45) is 0 Å². The van der Waals surface area contributed by atoms with Crippen LogP contribution in [0.1, 0.15) is 12.5 Å². The van der Waals surface area contributed by atoms with Gasteiger partial charge in [-0.25, -0.2) is 9.48 Å². The lowest BCUT2D eigenvalue weighted by molar-refractivity contribution is 0.0349. The van der Waals surface area contributed by atoms with E-state index in [-0.39, 0.29) is 12.1 Å². The van der Waals surface area contributed by atoms with Gasteiger partial charge in [-0.1, -0.05) is 12.1 Å². The highest BCUT2D eigenvalue weighted by Crippen LogP contribution is 2.08. The summed E-state index contributed by atoms with van der Waals surface area (Å²) in [5.74, 6) is 0. The third kappa shape index (κ3) is 5.30. The highest BCUT2D eigenvalue weighted by molar-refractivity contribution is 5.74. The van der Waals surface area contributed by atoms with Gasteiger partial charge in [0.15, 0.2) is 0 Å². The highest BCUT2D eigenvalue weighted by Gasteiger charge is 2.15. The monoisotopic (exact) mass is 343 g/mol. The second-order valence-corrected chi connectivity index (χ2v) is 6.26. The lowest BCUT2D eigenvalue weighted by atomic mass is 10.2. The predicted molar refractivity (Wildman–Crippen MR) is 95.7 cm³/mol. The molecule has 2 aromatic rings. The maximum Gasteiger partial charge on any atom is 0.315 e. The van der Waals surface area contributed by atoms with Gasteiger partial charge in [0.2, 0.25) is 0 Å². The van der Waals surface area contributed by atoms with Crippen molar-refractivity contribution in [3.8, 4) is 5.69 Å². The first-order valence-corrected chi connectivity index (χ1v) is 8.64. The Bertz CT molecular complexity index is 651. The van der Waals surface area contributed by atoms with E-state index in [2.05, 4.69) is 20.6 Å². The predicted octanol–water partition coefficient (Wildman–Crippen LogP) is 1.39. The largest absolute Gasteiger partial charge is 0.379 e. The Morgan fingerprint density at radius 2 is 2.04 bits per heavy atom. The first kappa shape index (κ1) is 17.4. The average molecular weight is 343 g/mol. The first-order chi connectivity index (χ1) is 12.2. The van der Waals surface area contributed by atoms with Gasteiger partial charge in [-0.05, 0) is 30.7 Å². The first-order valence-electron chi connectivity index (χ1n) is 8.64. The third-order valence-corrected chi connectivity index (χ3v) is 4.17. The van der Waals surface area contributed by atoms with Crippen molar-refractivity contribution in [3.63, 3.8) is 0 Å². The van der Waals surface area contributed by atoms with Gasteiger partial charge in [0.25, 0.3) is 0 Å². The molecule has 3 rings (SSSR count). The summed E-state index contributed by atoms with van der Waals surface area (Å²) in [6.45, 7) is 6.76. The summed E-state index contributed by atoms with van der Waals surface area (Å²) in [6.07, 6.45) is 3.65. The van der Waals surface area contributed by atoms with Gasteiger partial charge in [0.1, 0.15) is 0 Å². The van der Waals surface area contributed by atoms with Crippen molar-refractivity contribution in [2.75, 3.05) is 32.8 Å². The summed E-state index contributed by atoms with van der Waals surface area (Å²) in [5.41, 5.74) is 2.05. The minimum atomic E-state index is -0.142. The molecule has 25 heavy (non-hydrogen) atoms. The van der Waals surface area contributed by atoms with Crippen LogP contribution in [0.3, 0.4) is 0 Å². The molecule has 2 N–H and O–H groups in total. The smallest absolute Gasteiger partial charge is 0.315 e. The van der Waals surface area contributed by atoms with E-state index in [0.29, 0.717) is 6.54 Å². The van der Waals surface area contributed by atoms with Crippen molar-refractivity contribution < 1.29 is 9.53 Å². The van der Waals surface area contributed by atoms with Crippen LogP contribution < -0.4 is 10.6 Å². The highest BCUT2D eigenvalue weighted by atomic mass is 16.5. The standard InChI is InChI=1S/C18H25N5O2/c1-15(14-22-9-11-25-12-10-22)21-18(24)19-13-16-3-5-17(6-4-16)23-8-2-7-20-23/h2-8,15H,9-14H2,1H3,(H2,19,21,24)/t15-/m0/s1. The van der Waals surface area contributed by atoms with E-state index in [9.17, 15) is 4.79 Å². The molecule has 1 saturated heterocycles. The molecule has 0 bridgehead atoms. The van der Waals surface area contributed by atoms with Gasteiger partial charge >= 0.3 is 6.03 Å². The molecular formula is C18H25N5O2. The van der Waals surface area contributed by atoms with Crippen LogP contribution in [0.15, 0.2) is 42.7 Å². The number of nitrogens with zero attached hydrogens (tertiary/aromatic N) is 3. The third-order valence-electron chi connectivity index (χ3n) is 4.17. The number of amides is 2. The Morgan fingerprint density at radius 1 is 1.28 bits per heavy atom. The van der Waals surface area contributed by atoms with Crippen LogP contribution >= 0.6 is 0 Å². The van der Waals surface area contributed by atoms with E-state index < -0.39 is 0 Å². The molecule has 1 atom stereocenters. The zero-order chi connectivity index (χ0) is 17.5. The summed E-state index contributed by atoms with van der Waals surface area (Å²) in [6, 6.07) is 9.81. The summed E-state index contributed by atoms with van der Waals surface area (Å²) in [7, 11) is 0. The van der Waals surface area contributed by atoms with Crippen LogP contribution in [0.25, 0.3) is 5.69 Å². The SMILES string of the molecule is C[C@@H](CN1CCOCC1)NC(=O)NCc1ccc(-n2cccn2)cc1. The molecule has 2 heterocycles. The molecule has 0 spiro atoms. The second-order valence-electron chi connectivity index (χ2n) is 6.26. The van der Waals surface area contributed by atoms with Crippen molar-refractivity contribution in [1.82, 2.24) is 25.3 Å². The number of morpholine rings is 1. The lowest BCUT2D eigenvalue weighted by Gasteiger charge is -2.29. The Balaban J connectivity index is 1.41. The van der Waals surface area contributed by atoms with Crippen LogP contribution in [0.2, 0.25) is 0 Å². The number of rotatable bonds is 6. The van der Waals surface area contributed by atoms with E-state index in [1.807, 2.05) is 43.5 Å². The number of aromatic nitrogens is 2. The molecule has 7 heteroatoms. The van der Waals surface area contributed by atoms with Gasteiger partial charge in [-0.3, -0.25) is 4.90 Å². The summed E-state index contributed by atoms with van der Waals surface area (Å²) in [4.78, 5) is 14.4. The topological polar surface area (TPSA) is 71.4 Å². The molecule has 1 aliphatic rings. The van der Waals surface area contributed by atoms with Gasteiger partial charge in [-0.2, -0.15) is 5.10 Å². The number of carbonyl (C=O) groups excluding carboxylic acids is 1. The average Bonchev–Trinajstić information content (AvgIpc) is 3.16.